The first-order chi connectivity index (χ1) is 16.5. The molecule has 0 atom stereocenters. The van der Waals surface area contributed by atoms with Crippen LogP contribution in [0.5, 0.6) is 0 Å². The molecule has 0 heteroatoms. The van der Waals surface area contributed by atoms with Gasteiger partial charge in [-0.15, -0.1) is 0 Å². The normalized spacial score (nSPS) is 12.0. The lowest BCUT2D eigenvalue weighted by atomic mass is 9.76. The van der Waals surface area contributed by atoms with Gasteiger partial charge < -0.3 is 0 Å². The maximum absolute atomic E-state index is 2.46. The third-order valence-corrected chi connectivity index (χ3v) is 6.99. The highest BCUT2D eigenvalue weighted by Crippen LogP contribution is 2.45. The molecule has 0 nitrogen and oxygen atoms in total. The van der Waals surface area contributed by atoms with E-state index in [9.17, 15) is 0 Å². The Labute approximate surface area is 201 Å². The van der Waals surface area contributed by atoms with E-state index in [1.165, 1.54) is 60.1 Å². The highest BCUT2D eigenvalue weighted by atomic mass is 14.3. The van der Waals surface area contributed by atoms with E-state index in [0.29, 0.717) is 0 Å². The van der Waals surface area contributed by atoms with Gasteiger partial charge in [0.1, 0.15) is 0 Å². The van der Waals surface area contributed by atoms with Crippen molar-refractivity contribution in [1.82, 2.24) is 0 Å². The molecule has 0 bridgehead atoms. The Balaban J connectivity index is 1.79. The molecule has 34 heavy (non-hydrogen) atoms. The van der Waals surface area contributed by atoms with E-state index in [1.54, 1.807) is 0 Å². The minimum atomic E-state index is -0.0182. The molecule has 0 heterocycles. The van der Waals surface area contributed by atoms with Crippen molar-refractivity contribution in [2.24, 2.45) is 0 Å². The fraction of sp³-hybridized carbons (Fsp3) is 0.118. The largest absolute Gasteiger partial charge is 0.0616 e. The Hall–Kier alpha value is -3.90. The second-order valence-electron chi connectivity index (χ2n) is 10.2. The Morgan fingerprint density at radius 2 is 0.882 bits per heavy atom. The van der Waals surface area contributed by atoms with E-state index in [-0.39, 0.29) is 5.41 Å². The van der Waals surface area contributed by atoms with Crippen LogP contribution in [0, 0.1) is 0 Å². The first-order valence-corrected chi connectivity index (χ1v) is 12.0. The van der Waals surface area contributed by atoms with Gasteiger partial charge in [0.15, 0.2) is 0 Å². The number of hydrogen-bond acceptors (Lipinski definition) is 0. The van der Waals surface area contributed by atoms with Gasteiger partial charge in [0.2, 0.25) is 0 Å². The lowest BCUT2D eigenvalue weighted by Gasteiger charge is -2.27. The van der Waals surface area contributed by atoms with Crippen molar-refractivity contribution in [1.29, 1.82) is 0 Å². The van der Waals surface area contributed by atoms with Crippen LogP contribution in [-0.2, 0) is 5.41 Å². The molecule has 0 aliphatic heterocycles. The molecule has 0 spiro atoms. The molecule has 0 saturated heterocycles. The number of rotatable bonds is 2. The summed E-state index contributed by atoms with van der Waals surface area (Å²) in [5.41, 5.74) is 6.62. The van der Waals surface area contributed by atoms with E-state index in [0.717, 1.165) is 0 Å². The standard InChI is InChI=1S/C34H28/c1-34(2,3)32-22-31(27-20-10-14-23-12-4-6-16-25(23)27)28-18-8-9-19-30(28)33(32)29-21-11-15-24-13-5-7-17-26(24)29/h4-22H,1-3H3. The summed E-state index contributed by atoms with van der Waals surface area (Å²) in [4.78, 5) is 0. The fourth-order valence-electron chi connectivity index (χ4n) is 5.38. The van der Waals surface area contributed by atoms with Crippen molar-refractivity contribution in [3.05, 3.63) is 121 Å². The highest BCUT2D eigenvalue weighted by Gasteiger charge is 2.24. The maximum Gasteiger partial charge on any atom is -0.00613 e. The van der Waals surface area contributed by atoms with E-state index < -0.39 is 0 Å². The third kappa shape index (κ3) is 3.30. The zero-order valence-corrected chi connectivity index (χ0v) is 20.0. The Morgan fingerprint density at radius 3 is 1.50 bits per heavy atom. The molecule has 6 aromatic rings. The lowest BCUT2D eigenvalue weighted by molar-refractivity contribution is 0.593. The molecule has 6 aromatic carbocycles. The van der Waals surface area contributed by atoms with Crippen LogP contribution in [0.25, 0.3) is 54.6 Å². The van der Waals surface area contributed by atoms with Crippen LogP contribution in [0.15, 0.2) is 115 Å². The van der Waals surface area contributed by atoms with Gasteiger partial charge in [-0.1, -0.05) is 130 Å². The van der Waals surface area contributed by atoms with E-state index in [2.05, 4.69) is 136 Å². The maximum atomic E-state index is 2.46. The molecule has 0 aliphatic rings. The molecule has 0 radical (unpaired) electrons. The summed E-state index contributed by atoms with van der Waals surface area (Å²) >= 11 is 0. The first kappa shape index (κ1) is 20.7. The van der Waals surface area contributed by atoms with Gasteiger partial charge in [-0.05, 0) is 71.6 Å². The molecule has 6 rings (SSSR count). The molecule has 0 saturated carbocycles. The van der Waals surface area contributed by atoms with Crippen molar-refractivity contribution in [2.45, 2.75) is 26.2 Å². The smallest absolute Gasteiger partial charge is 0.00613 e. The summed E-state index contributed by atoms with van der Waals surface area (Å²) in [6, 6.07) is 42.2. The van der Waals surface area contributed by atoms with Crippen LogP contribution in [-0.4, -0.2) is 0 Å². The van der Waals surface area contributed by atoms with E-state index in [1.807, 2.05) is 0 Å². The molecule has 164 valence electrons. The quantitative estimate of drug-likeness (QED) is 0.253. The predicted octanol–water partition coefficient (Wildman–Crippen LogP) is 9.78. The van der Waals surface area contributed by atoms with E-state index in [4.69, 9.17) is 0 Å². The molecular weight excluding hydrogens is 408 g/mol. The lowest BCUT2D eigenvalue weighted by Crippen LogP contribution is -2.13. The van der Waals surface area contributed by atoms with Crippen molar-refractivity contribution in [3.63, 3.8) is 0 Å². The molecular formula is C34H28. The van der Waals surface area contributed by atoms with Crippen LogP contribution >= 0.6 is 0 Å². The summed E-state index contributed by atoms with van der Waals surface area (Å²) in [6.45, 7) is 7.00. The van der Waals surface area contributed by atoms with Crippen LogP contribution < -0.4 is 0 Å². The molecule has 0 aromatic heterocycles. The van der Waals surface area contributed by atoms with Crippen molar-refractivity contribution < 1.29 is 0 Å². The van der Waals surface area contributed by atoms with Crippen LogP contribution in [0.3, 0.4) is 0 Å². The third-order valence-electron chi connectivity index (χ3n) is 6.99. The average molecular weight is 437 g/mol. The Kier molecular flexibility index (Phi) is 4.78. The van der Waals surface area contributed by atoms with Crippen molar-refractivity contribution in [3.8, 4) is 22.3 Å². The van der Waals surface area contributed by atoms with Gasteiger partial charge in [0, 0.05) is 0 Å². The zero-order valence-electron chi connectivity index (χ0n) is 20.0. The summed E-state index contributed by atoms with van der Waals surface area (Å²) in [7, 11) is 0. The fourth-order valence-corrected chi connectivity index (χ4v) is 5.38. The highest BCUT2D eigenvalue weighted by molar-refractivity contribution is 6.13. The van der Waals surface area contributed by atoms with Crippen molar-refractivity contribution >= 4 is 32.3 Å². The van der Waals surface area contributed by atoms with Crippen LogP contribution in [0.2, 0.25) is 0 Å². The average Bonchev–Trinajstić information content (AvgIpc) is 2.86. The zero-order chi connectivity index (χ0) is 23.3. The Bertz CT molecular complexity index is 1670. The minimum Gasteiger partial charge on any atom is -0.0616 e. The molecule has 0 unspecified atom stereocenters. The van der Waals surface area contributed by atoms with Gasteiger partial charge in [0.25, 0.3) is 0 Å². The number of fused-ring (bicyclic) bond motifs is 3. The molecule has 0 amide bonds. The second kappa shape index (κ2) is 7.85. The summed E-state index contributed by atoms with van der Waals surface area (Å²) in [5, 5.41) is 7.78. The van der Waals surface area contributed by atoms with Gasteiger partial charge in [-0.25, -0.2) is 0 Å². The Morgan fingerprint density at radius 1 is 0.412 bits per heavy atom. The van der Waals surface area contributed by atoms with Crippen molar-refractivity contribution in [2.75, 3.05) is 0 Å². The molecule has 0 aliphatic carbocycles. The van der Waals surface area contributed by atoms with E-state index >= 15 is 0 Å². The molecule has 0 N–H and O–H groups in total. The summed E-state index contributed by atoms with van der Waals surface area (Å²) in [6.07, 6.45) is 0. The SMILES string of the molecule is CC(C)(C)c1cc(-c2cccc3ccccc23)c2ccccc2c1-c1cccc2ccccc12. The summed E-state index contributed by atoms with van der Waals surface area (Å²) < 4.78 is 0. The first-order valence-electron chi connectivity index (χ1n) is 12.0. The topological polar surface area (TPSA) is 0 Å². The summed E-state index contributed by atoms with van der Waals surface area (Å²) in [5.74, 6) is 0. The van der Waals surface area contributed by atoms with Crippen LogP contribution in [0.4, 0.5) is 0 Å². The predicted molar refractivity (Wildman–Crippen MR) is 149 cm³/mol. The van der Waals surface area contributed by atoms with Gasteiger partial charge in [-0.3, -0.25) is 0 Å². The van der Waals surface area contributed by atoms with Gasteiger partial charge in [-0.2, -0.15) is 0 Å². The molecule has 0 fully saturated rings. The van der Waals surface area contributed by atoms with Gasteiger partial charge in [0.05, 0.1) is 0 Å². The number of benzene rings is 6. The van der Waals surface area contributed by atoms with Gasteiger partial charge >= 0.3 is 0 Å². The second-order valence-corrected chi connectivity index (χ2v) is 10.2. The number of hydrogen-bond donors (Lipinski definition) is 0. The van der Waals surface area contributed by atoms with Crippen LogP contribution in [0.1, 0.15) is 26.3 Å². The minimum absolute atomic E-state index is 0.0182. The monoisotopic (exact) mass is 436 g/mol.